The summed E-state index contributed by atoms with van der Waals surface area (Å²) in [5.41, 5.74) is 7.58. The van der Waals surface area contributed by atoms with Crippen LogP contribution in [0.5, 0.6) is 0 Å². The van der Waals surface area contributed by atoms with Gasteiger partial charge in [0.25, 0.3) is 5.78 Å². The number of sulfonamides is 1. The van der Waals surface area contributed by atoms with Gasteiger partial charge in [-0.3, -0.25) is 15.6 Å². The Labute approximate surface area is 167 Å². The van der Waals surface area contributed by atoms with E-state index in [4.69, 9.17) is 0 Å². The second-order valence-corrected chi connectivity index (χ2v) is 8.76. The van der Waals surface area contributed by atoms with Crippen molar-refractivity contribution in [2.45, 2.75) is 44.0 Å². The Bertz CT molecular complexity index is 1170. The topological polar surface area (TPSA) is 130 Å². The zero-order valence-electron chi connectivity index (χ0n) is 16.0. The summed E-state index contributed by atoms with van der Waals surface area (Å²) in [6.45, 7) is 3.77. The molecule has 1 fully saturated rings. The standard InChI is InChI=1S/C18H21N7O3S/c1-11-9-12(2)25-18(19-11)20-16(23-25)10-17(26)22-21-13-5-7-15(8-6-13)29(27,28)24-14-3-4-14/h5-9,14,21,24H,3-4,10H2,1-2H3,(H,22,26). The number of carbonyl (C=O) groups excluding carboxylic acids is 1. The van der Waals surface area contributed by atoms with Crippen molar-refractivity contribution in [1.82, 2.24) is 29.7 Å². The van der Waals surface area contributed by atoms with Crippen molar-refractivity contribution in [2.24, 2.45) is 0 Å². The van der Waals surface area contributed by atoms with E-state index in [9.17, 15) is 13.2 Å². The molecule has 2 aromatic heterocycles. The predicted molar refractivity (Wildman–Crippen MR) is 106 cm³/mol. The molecule has 3 aromatic rings. The molecule has 11 heteroatoms. The third-order valence-electron chi connectivity index (χ3n) is 4.39. The van der Waals surface area contributed by atoms with Gasteiger partial charge in [0.2, 0.25) is 15.9 Å². The lowest BCUT2D eigenvalue weighted by atomic mass is 10.3. The molecule has 0 atom stereocenters. The molecule has 0 unspecified atom stereocenters. The molecule has 1 aliphatic rings. The second-order valence-electron chi connectivity index (χ2n) is 7.05. The fraction of sp³-hybridized carbons (Fsp3) is 0.333. The van der Waals surface area contributed by atoms with E-state index in [0.717, 1.165) is 24.2 Å². The minimum atomic E-state index is -3.50. The number of carbonyl (C=O) groups is 1. The monoisotopic (exact) mass is 415 g/mol. The molecule has 0 bridgehead atoms. The van der Waals surface area contributed by atoms with Gasteiger partial charge in [0.1, 0.15) is 0 Å². The van der Waals surface area contributed by atoms with Crippen LogP contribution in [0.1, 0.15) is 30.1 Å². The highest BCUT2D eigenvalue weighted by Gasteiger charge is 2.27. The van der Waals surface area contributed by atoms with E-state index in [1.807, 2.05) is 19.9 Å². The van der Waals surface area contributed by atoms with Crippen LogP contribution in [-0.4, -0.2) is 39.9 Å². The van der Waals surface area contributed by atoms with Gasteiger partial charge in [-0.2, -0.15) is 4.98 Å². The van der Waals surface area contributed by atoms with Crippen LogP contribution in [0, 0.1) is 13.8 Å². The fourth-order valence-electron chi connectivity index (χ4n) is 2.82. The quantitative estimate of drug-likeness (QED) is 0.488. The normalized spacial score (nSPS) is 14.1. The number of hydrogen-bond donors (Lipinski definition) is 3. The minimum Gasteiger partial charge on any atom is -0.299 e. The van der Waals surface area contributed by atoms with Crippen LogP contribution in [-0.2, 0) is 21.2 Å². The zero-order chi connectivity index (χ0) is 20.6. The van der Waals surface area contributed by atoms with Crippen LogP contribution in [0.15, 0.2) is 35.2 Å². The summed E-state index contributed by atoms with van der Waals surface area (Å²) in [4.78, 5) is 20.9. The van der Waals surface area contributed by atoms with Crippen LogP contribution in [0.2, 0.25) is 0 Å². The van der Waals surface area contributed by atoms with Gasteiger partial charge in [0.15, 0.2) is 5.82 Å². The Kier molecular flexibility index (Phi) is 4.92. The van der Waals surface area contributed by atoms with Gasteiger partial charge in [-0.05, 0) is 57.0 Å². The van der Waals surface area contributed by atoms with Crippen molar-refractivity contribution in [3.8, 4) is 0 Å². The molecular weight excluding hydrogens is 394 g/mol. The molecule has 3 N–H and O–H groups in total. The van der Waals surface area contributed by atoms with Gasteiger partial charge in [-0.1, -0.05) is 0 Å². The summed E-state index contributed by atoms with van der Waals surface area (Å²) >= 11 is 0. The smallest absolute Gasteiger partial charge is 0.252 e. The maximum atomic E-state index is 12.2. The molecule has 29 heavy (non-hydrogen) atoms. The average molecular weight is 415 g/mol. The second kappa shape index (κ2) is 7.41. The lowest BCUT2D eigenvalue weighted by Gasteiger charge is -2.09. The molecule has 1 saturated carbocycles. The lowest BCUT2D eigenvalue weighted by Crippen LogP contribution is -2.31. The number of hydrogen-bond acceptors (Lipinski definition) is 7. The van der Waals surface area contributed by atoms with E-state index < -0.39 is 10.0 Å². The van der Waals surface area contributed by atoms with E-state index in [1.54, 1.807) is 16.6 Å². The molecule has 1 amide bonds. The van der Waals surface area contributed by atoms with Crippen LogP contribution >= 0.6 is 0 Å². The van der Waals surface area contributed by atoms with Crippen molar-refractivity contribution in [3.05, 3.63) is 47.5 Å². The lowest BCUT2D eigenvalue weighted by molar-refractivity contribution is -0.120. The summed E-state index contributed by atoms with van der Waals surface area (Å²) in [6, 6.07) is 8.08. The number of amides is 1. The summed E-state index contributed by atoms with van der Waals surface area (Å²) in [6.07, 6.45) is 1.73. The molecular formula is C18H21N7O3S. The van der Waals surface area contributed by atoms with Crippen molar-refractivity contribution in [2.75, 3.05) is 5.43 Å². The van der Waals surface area contributed by atoms with Crippen molar-refractivity contribution < 1.29 is 13.2 Å². The Morgan fingerprint density at radius 1 is 1.17 bits per heavy atom. The highest BCUT2D eigenvalue weighted by molar-refractivity contribution is 7.89. The molecule has 0 spiro atoms. The molecule has 1 aromatic carbocycles. The van der Waals surface area contributed by atoms with Gasteiger partial charge >= 0.3 is 0 Å². The number of fused-ring (bicyclic) bond motifs is 1. The van der Waals surface area contributed by atoms with Gasteiger partial charge in [-0.25, -0.2) is 22.6 Å². The van der Waals surface area contributed by atoms with Crippen molar-refractivity contribution in [1.29, 1.82) is 0 Å². The third-order valence-corrected chi connectivity index (χ3v) is 5.93. The third kappa shape index (κ3) is 4.51. The first-order chi connectivity index (χ1) is 13.8. The van der Waals surface area contributed by atoms with E-state index in [1.165, 1.54) is 12.1 Å². The van der Waals surface area contributed by atoms with Crippen LogP contribution in [0.3, 0.4) is 0 Å². The SMILES string of the molecule is Cc1cc(C)n2nc(CC(=O)NNc3ccc(S(=O)(=O)NC4CC4)cc3)nc2n1. The molecule has 152 valence electrons. The average Bonchev–Trinajstić information content (AvgIpc) is 3.37. The van der Waals surface area contributed by atoms with E-state index in [-0.39, 0.29) is 23.3 Å². The molecule has 4 rings (SSSR count). The fourth-order valence-corrected chi connectivity index (χ4v) is 4.12. The summed E-state index contributed by atoms with van der Waals surface area (Å²) in [5, 5.41) is 4.30. The maximum absolute atomic E-state index is 12.2. The Balaban J connectivity index is 1.35. The number of nitrogens with one attached hydrogen (secondary N) is 3. The van der Waals surface area contributed by atoms with Gasteiger partial charge in [0, 0.05) is 17.4 Å². The van der Waals surface area contributed by atoms with E-state index >= 15 is 0 Å². The van der Waals surface area contributed by atoms with Gasteiger partial charge in [0.05, 0.1) is 17.0 Å². The van der Waals surface area contributed by atoms with Crippen molar-refractivity contribution in [3.63, 3.8) is 0 Å². The molecule has 10 nitrogen and oxygen atoms in total. The Morgan fingerprint density at radius 3 is 2.59 bits per heavy atom. The molecule has 0 aliphatic heterocycles. The summed E-state index contributed by atoms with van der Waals surface area (Å²) in [5.74, 6) is 0.482. The number of rotatable bonds is 7. The van der Waals surface area contributed by atoms with Crippen LogP contribution in [0.25, 0.3) is 5.78 Å². The number of hydrazine groups is 1. The van der Waals surface area contributed by atoms with E-state index in [2.05, 4.69) is 30.6 Å². The number of nitrogens with zero attached hydrogens (tertiary/aromatic N) is 4. The van der Waals surface area contributed by atoms with Crippen LogP contribution in [0.4, 0.5) is 5.69 Å². The molecule has 2 heterocycles. The molecule has 0 radical (unpaired) electrons. The Morgan fingerprint density at radius 2 is 1.90 bits per heavy atom. The minimum absolute atomic E-state index is 0.0212. The first kappa shape index (κ1) is 19.3. The Hall–Kier alpha value is -3.05. The maximum Gasteiger partial charge on any atom is 0.252 e. The summed E-state index contributed by atoms with van der Waals surface area (Å²) in [7, 11) is -3.50. The highest BCUT2D eigenvalue weighted by Crippen LogP contribution is 2.22. The number of aromatic nitrogens is 4. The predicted octanol–water partition coefficient (Wildman–Crippen LogP) is 0.868. The molecule has 1 aliphatic carbocycles. The zero-order valence-corrected chi connectivity index (χ0v) is 16.8. The first-order valence-electron chi connectivity index (χ1n) is 9.17. The van der Waals surface area contributed by atoms with Crippen LogP contribution < -0.4 is 15.6 Å². The number of benzene rings is 1. The number of aryl methyl sites for hydroxylation is 2. The van der Waals surface area contributed by atoms with E-state index in [0.29, 0.717) is 17.3 Å². The molecule has 0 saturated heterocycles. The highest BCUT2D eigenvalue weighted by atomic mass is 32.2. The van der Waals surface area contributed by atoms with Crippen molar-refractivity contribution >= 4 is 27.4 Å². The van der Waals surface area contributed by atoms with Gasteiger partial charge in [-0.15, -0.1) is 5.10 Å². The number of anilines is 1. The largest absolute Gasteiger partial charge is 0.299 e. The van der Waals surface area contributed by atoms with Gasteiger partial charge < -0.3 is 0 Å². The first-order valence-corrected chi connectivity index (χ1v) is 10.7. The summed E-state index contributed by atoms with van der Waals surface area (Å²) < 4.78 is 28.5.